The van der Waals surface area contributed by atoms with Crippen molar-refractivity contribution in [2.75, 3.05) is 12.4 Å². The summed E-state index contributed by atoms with van der Waals surface area (Å²) in [4.78, 5) is 22.8. The first-order valence-electron chi connectivity index (χ1n) is 5.84. The monoisotopic (exact) mass is 297 g/mol. The lowest BCUT2D eigenvalue weighted by atomic mass is 10.1. The summed E-state index contributed by atoms with van der Waals surface area (Å²) in [6, 6.07) is 3.26. The van der Waals surface area contributed by atoms with E-state index in [1.807, 2.05) is 0 Å². The molecular formula is C14H16ClNO4. The number of carbonyl (C=O) groups excluding carboxylic acids is 1. The van der Waals surface area contributed by atoms with E-state index in [4.69, 9.17) is 21.4 Å². The number of benzene rings is 1. The number of ether oxygens (including phenoxy) is 1. The van der Waals surface area contributed by atoms with Crippen molar-refractivity contribution in [1.29, 1.82) is 0 Å². The molecule has 0 aliphatic rings. The molecule has 0 saturated heterocycles. The minimum Gasteiger partial charge on any atom is -0.495 e. The van der Waals surface area contributed by atoms with Gasteiger partial charge in [-0.3, -0.25) is 4.79 Å². The maximum absolute atomic E-state index is 12.0. The van der Waals surface area contributed by atoms with Crippen molar-refractivity contribution in [2.45, 2.75) is 20.8 Å². The summed E-state index contributed by atoms with van der Waals surface area (Å²) < 4.78 is 5.14. The number of halogens is 1. The van der Waals surface area contributed by atoms with Crippen molar-refractivity contribution in [2.24, 2.45) is 0 Å². The molecule has 6 heteroatoms. The Balaban J connectivity index is 3.11. The zero-order valence-corrected chi connectivity index (χ0v) is 12.5. The molecule has 0 aliphatic carbocycles. The maximum atomic E-state index is 12.0. The first-order valence-corrected chi connectivity index (χ1v) is 6.22. The van der Waals surface area contributed by atoms with Crippen molar-refractivity contribution in [3.63, 3.8) is 0 Å². The van der Waals surface area contributed by atoms with Gasteiger partial charge in [0.2, 0.25) is 0 Å². The van der Waals surface area contributed by atoms with E-state index in [1.54, 1.807) is 19.1 Å². The highest BCUT2D eigenvalue weighted by atomic mass is 35.5. The van der Waals surface area contributed by atoms with Gasteiger partial charge in [0.15, 0.2) is 0 Å². The van der Waals surface area contributed by atoms with E-state index < -0.39 is 11.9 Å². The number of hydrogen-bond acceptors (Lipinski definition) is 3. The molecule has 0 unspecified atom stereocenters. The van der Waals surface area contributed by atoms with Crippen molar-refractivity contribution in [1.82, 2.24) is 0 Å². The lowest BCUT2D eigenvalue weighted by Crippen LogP contribution is -2.16. The summed E-state index contributed by atoms with van der Waals surface area (Å²) in [5, 5.41) is 12.0. The quantitative estimate of drug-likeness (QED) is 0.838. The van der Waals surface area contributed by atoms with Gasteiger partial charge in [-0.2, -0.15) is 0 Å². The predicted molar refractivity (Wildman–Crippen MR) is 77.4 cm³/mol. The maximum Gasteiger partial charge on any atom is 0.331 e. The molecular weight excluding hydrogens is 282 g/mol. The number of amides is 1. The molecule has 0 aliphatic heterocycles. The summed E-state index contributed by atoms with van der Waals surface area (Å²) in [5.74, 6) is -1.21. The van der Waals surface area contributed by atoms with E-state index in [1.165, 1.54) is 21.0 Å². The number of rotatable bonds is 4. The van der Waals surface area contributed by atoms with Gasteiger partial charge >= 0.3 is 5.97 Å². The Bertz CT molecular complexity index is 593. The van der Waals surface area contributed by atoms with Crippen molar-refractivity contribution < 1.29 is 19.4 Å². The zero-order chi connectivity index (χ0) is 15.4. The third-order valence-electron chi connectivity index (χ3n) is 2.95. The van der Waals surface area contributed by atoms with E-state index in [9.17, 15) is 9.59 Å². The molecule has 0 aromatic heterocycles. The van der Waals surface area contributed by atoms with E-state index in [2.05, 4.69) is 5.32 Å². The van der Waals surface area contributed by atoms with Crippen LogP contribution in [0.5, 0.6) is 5.75 Å². The fraction of sp³-hybridized carbons (Fsp3) is 0.286. The van der Waals surface area contributed by atoms with E-state index in [0.717, 1.165) is 5.56 Å². The summed E-state index contributed by atoms with van der Waals surface area (Å²) in [6.45, 7) is 4.62. The number of anilines is 1. The molecule has 0 heterocycles. The number of carbonyl (C=O) groups is 2. The molecule has 0 fully saturated rings. The van der Waals surface area contributed by atoms with E-state index in [0.29, 0.717) is 16.5 Å². The molecule has 1 amide bonds. The van der Waals surface area contributed by atoms with Crippen LogP contribution in [0.3, 0.4) is 0 Å². The number of aryl methyl sites for hydroxylation is 1. The minimum absolute atomic E-state index is 0.00727. The largest absolute Gasteiger partial charge is 0.495 e. The van der Waals surface area contributed by atoms with E-state index in [-0.39, 0.29) is 11.1 Å². The Morgan fingerprint density at radius 1 is 1.25 bits per heavy atom. The van der Waals surface area contributed by atoms with E-state index >= 15 is 0 Å². The first-order chi connectivity index (χ1) is 9.27. The van der Waals surface area contributed by atoms with Gasteiger partial charge in [0, 0.05) is 22.2 Å². The normalized spacial score (nSPS) is 11.7. The highest BCUT2D eigenvalue weighted by Gasteiger charge is 2.15. The number of nitrogens with one attached hydrogen (secondary N) is 1. The second-order valence-electron chi connectivity index (χ2n) is 4.31. The van der Waals surface area contributed by atoms with Gasteiger partial charge < -0.3 is 15.2 Å². The average Bonchev–Trinajstić information content (AvgIpc) is 2.40. The summed E-state index contributed by atoms with van der Waals surface area (Å²) in [5.41, 5.74) is 1.34. The molecule has 20 heavy (non-hydrogen) atoms. The number of carboxylic acids is 1. The van der Waals surface area contributed by atoms with Crippen LogP contribution < -0.4 is 10.1 Å². The van der Waals surface area contributed by atoms with Crippen LogP contribution in [0.15, 0.2) is 23.3 Å². The molecule has 0 bridgehead atoms. The summed E-state index contributed by atoms with van der Waals surface area (Å²) in [6.07, 6.45) is 0. The summed E-state index contributed by atoms with van der Waals surface area (Å²) in [7, 11) is 1.46. The van der Waals surface area contributed by atoms with Crippen LogP contribution in [-0.2, 0) is 9.59 Å². The van der Waals surface area contributed by atoms with Gasteiger partial charge in [-0.25, -0.2) is 4.79 Å². The zero-order valence-electron chi connectivity index (χ0n) is 11.7. The van der Waals surface area contributed by atoms with Gasteiger partial charge in [0.25, 0.3) is 5.91 Å². The molecule has 0 spiro atoms. The van der Waals surface area contributed by atoms with Crippen LogP contribution in [-0.4, -0.2) is 24.1 Å². The van der Waals surface area contributed by atoms with Gasteiger partial charge in [-0.1, -0.05) is 11.6 Å². The lowest BCUT2D eigenvalue weighted by molar-refractivity contribution is -0.133. The standard InChI is InChI=1S/C14H16ClNO4/c1-7-5-11(12(20-4)6-10(7)15)16-13(17)8(2)9(3)14(18)19/h5-6H,1-4H3,(H,16,17)(H,18,19). The second kappa shape index (κ2) is 6.43. The van der Waals surface area contributed by atoms with Crippen LogP contribution in [0.25, 0.3) is 0 Å². The molecule has 1 aromatic carbocycles. The molecule has 5 nitrogen and oxygen atoms in total. The van der Waals surface area contributed by atoms with Gasteiger partial charge in [0.1, 0.15) is 5.75 Å². The number of hydrogen-bond donors (Lipinski definition) is 2. The Morgan fingerprint density at radius 3 is 2.35 bits per heavy atom. The number of carboxylic acid groups (broad SMARTS) is 1. The van der Waals surface area contributed by atoms with Gasteiger partial charge in [-0.05, 0) is 32.4 Å². The van der Waals surface area contributed by atoms with Crippen molar-refractivity contribution in [3.05, 3.63) is 33.9 Å². The highest BCUT2D eigenvalue weighted by Crippen LogP contribution is 2.31. The van der Waals surface area contributed by atoms with Gasteiger partial charge in [0.05, 0.1) is 12.8 Å². The Kier molecular flexibility index (Phi) is 5.16. The molecule has 108 valence electrons. The Morgan fingerprint density at radius 2 is 1.85 bits per heavy atom. The Hall–Kier alpha value is -2.01. The van der Waals surface area contributed by atoms with Crippen LogP contribution in [0.2, 0.25) is 5.02 Å². The number of methoxy groups -OCH3 is 1. The van der Waals surface area contributed by atoms with Crippen LogP contribution >= 0.6 is 11.6 Å². The fourth-order valence-electron chi connectivity index (χ4n) is 1.48. The van der Waals surface area contributed by atoms with Crippen LogP contribution in [0.1, 0.15) is 19.4 Å². The molecule has 0 radical (unpaired) electrons. The topological polar surface area (TPSA) is 75.6 Å². The Labute approximate surface area is 122 Å². The third-order valence-corrected chi connectivity index (χ3v) is 3.36. The first kappa shape index (κ1) is 16.0. The minimum atomic E-state index is -1.13. The molecule has 0 saturated carbocycles. The SMILES string of the molecule is COc1cc(Cl)c(C)cc1NC(=O)C(C)=C(C)C(=O)O. The third kappa shape index (κ3) is 3.51. The predicted octanol–water partition coefficient (Wildman–Crippen LogP) is 3.02. The molecule has 1 aromatic rings. The van der Waals surface area contributed by atoms with Crippen molar-refractivity contribution in [3.8, 4) is 5.75 Å². The number of aliphatic carboxylic acids is 1. The van der Waals surface area contributed by atoms with Crippen LogP contribution in [0, 0.1) is 6.92 Å². The second-order valence-corrected chi connectivity index (χ2v) is 4.72. The molecule has 0 atom stereocenters. The molecule has 1 rings (SSSR count). The summed E-state index contributed by atoms with van der Waals surface area (Å²) >= 11 is 5.98. The van der Waals surface area contributed by atoms with Gasteiger partial charge in [-0.15, -0.1) is 0 Å². The van der Waals surface area contributed by atoms with Crippen molar-refractivity contribution >= 4 is 29.2 Å². The highest BCUT2D eigenvalue weighted by molar-refractivity contribution is 6.31. The van der Waals surface area contributed by atoms with Crippen LogP contribution in [0.4, 0.5) is 5.69 Å². The smallest absolute Gasteiger partial charge is 0.331 e. The molecule has 2 N–H and O–H groups in total. The fourth-order valence-corrected chi connectivity index (χ4v) is 1.63. The lowest BCUT2D eigenvalue weighted by Gasteiger charge is -2.13. The average molecular weight is 298 g/mol.